The quantitative estimate of drug-likeness (QED) is 0.493. The number of anilines is 1. The minimum Gasteiger partial charge on any atom is -0.436 e. The van der Waals surface area contributed by atoms with Gasteiger partial charge in [-0.25, -0.2) is 9.38 Å². The zero-order valence-corrected chi connectivity index (χ0v) is 19.8. The zero-order valence-electron chi connectivity index (χ0n) is 19.1. The van der Waals surface area contributed by atoms with Crippen LogP contribution in [0.25, 0.3) is 0 Å². The van der Waals surface area contributed by atoms with Crippen LogP contribution in [-0.2, 0) is 16.1 Å². The highest BCUT2D eigenvalue weighted by Gasteiger charge is 2.38. The van der Waals surface area contributed by atoms with Gasteiger partial charge in [-0.15, -0.1) is 0 Å². The highest BCUT2D eigenvalue weighted by molar-refractivity contribution is 6.30. The van der Waals surface area contributed by atoms with Crippen molar-refractivity contribution in [2.75, 3.05) is 11.9 Å². The number of nitrogens with one attached hydrogen (secondary N) is 2. The normalized spacial score (nSPS) is 21.4. The average Bonchev–Trinajstić information content (AvgIpc) is 3.36. The van der Waals surface area contributed by atoms with Crippen LogP contribution in [0.4, 0.5) is 10.1 Å². The third-order valence-corrected chi connectivity index (χ3v) is 6.26. The lowest BCUT2D eigenvalue weighted by atomic mass is 9.82. The molecule has 2 N–H and O–H groups in total. The van der Waals surface area contributed by atoms with E-state index in [4.69, 9.17) is 20.9 Å². The maximum Gasteiger partial charge on any atom is 0.259 e. The van der Waals surface area contributed by atoms with Crippen LogP contribution in [0.5, 0.6) is 11.6 Å². The number of halogens is 2. The number of nitrogens with zero attached hydrogens (tertiary/aromatic N) is 3. The van der Waals surface area contributed by atoms with Crippen molar-refractivity contribution in [3.05, 3.63) is 71.4 Å². The molecule has 1 aliphatic heterocycles. The first-order valence-electron chi connectivity index (χ1n) is 11.4. The molecule has 1 fully saturated rings. The molecule has 2 aromatic carbocycles. The summed E-state index contributed by atoms with van der Waals surface area (Å²) in [4.78, 5) is 31.9. The number of hydrogen-bond donors (Lipinski definition) is 2. The summed E-state index contributed by atoms with van der Waals surface area (Å²) in [6.07, 6.45) is 0.838. The van der Waals surface area contributed by atoms with Crippen LogP contribution in [-0.4, -0.2) is 46.6 Å². The molecule has 1 unspecified atom stereocenters. The molecule has 5 rings (SSSR count). The molecule has 1 aromatic heterocycles. The first kappa shape index (κ1) is 23.8. The molecule has 9 nitrogen and oxygen atoms in total. The number of aliphatic imine (C=N–C) groups is 1. The Balaban J connectivity index is 1.31. The maximum atomic E-state index is 13.4. The van der Waals surface area contributed by atoms with Crippen LogP contribution in [0.15, 0.2) is 70.4 Å². The molecule has 0 bridgehead atoms. The van der Waals surface area contributed by atoms with E-state index < -0.39 is 18.1 Å². The van der Waals surface area contributed by atoms with Crippen LogP contribution in [0.1, 0.15) is 18.4 Å². The maximum absolute atomic E-state index is 13.4. The van der Waals surface area contributed by atoms with Crippen molar-refractivity contribution in [3.8, 4) is 11.6 Å². The first-order chi connectivity index (χ1) is 17.4. The Morgan fingerprint density at radius 1 is 1.14 bits per heavy atom. The summed E-state index contributed by atoms with van der Waals surface area (Å²) in [6, 6.07) is 14.9. The summed E-state index contributed by atoms with van der Waals surface area (Å²) in [6.45, 7) is 0.292. The van der Waals surface area contributed by atoms with E-state index in [1.54, 1.807) is 42.5 Å². The summed E-state index contributed by atoms with van der Waals surface area (Å²) in [5.74, 6) is 0.213. The Hall–Kier alpha value is -3.92. The fraction of sp³-hybridized carbons (Fsp3) is 0.280. The molecule has 3 aromatic rings. The predicted octanol–water partition coefficient (Wildman–Crippen LogP) is 4.16. The standard InChI is InChI=1S/C25H23ClFN5O4/c26-17-3-1-15(2-4-17)14-32-24(34)21(30-23(33)16-11-18(27)12-16)13-28-25(32)29-19-5-7-20(8-6-19)36-22-9-10-35-31-22/h1-10,16,18,21H,11-14H2,(H,28,29)(H,30,33). The molecule has 2 heterocycles. The molecule has 0 saturated heterocycles. The van der Waals surface area contributed by atoms with Crippen LogP contribution < -0.4 is 15.4 Å². The van der Waals surface area contributed by atoms with Crippen LogP contribution >= 0.6 is 11.6 Å². The van der Waals surface area contributed by atoms with Gasteiger partial charge in [0.15, 0.2) is 0 Å². The second-order valence-electron chi connectivity index (χ2n) is 8.63. The van der Waals surface area contributed by atoms with E-state index in [0.29, 0.717) is 28.3 Å². The highest BCUT2D eigenvalue weighted by Crippen LogP contribution is 2.30. The van der Waals surface area contributed by atoms with E-state index in [9.17, 15) is 14.0 Å². The molecule has 186 valence electrons. The number of benzene rings is 2. The van der Waals surface area contributed by atoms with Crippen LogP contribution in [0, 0.1) is 5.92 Å². The number of hydrogen-bond acceptors (Lipinski definition) is 7. The van der Waals surface area contributed by atoms with Crippen LogP contribution in [0.3, 0.4) is 0 Å². The predicted molar refractivity (Wildman–Crippen MR) is 130 cm³/mol. The monoisotopic (exact) mass is 511 g/mol. The lowest BCUT2D eigenvalue weighted by molar-refractivity contribution is -0.137. The molecule has 1 atom stereocenters. The molecule has 11 heteroatoms. The van der Waals surface area contributed by atoms with Crippen molar-refractivity contribution in [3.63, 3.8) is 0 Å². The zero-order chi connectivity index (χ0) is 25.1. The van der Waals surface area contributed by atoms with Crippen molar-refractivity contribution in [1.82, 2.24) is 15.4 Å². The van der Waals surface area contributed by atoms with Crippen molar-refractivity contribution >= 4 is 35.1 Å². The molecule has 1 saturated carbocycles. The van der Waals surface area contributed by atoms with Gasteiger partial charge in [0.1, 0.15) is 24.2 Å². The van der Waals surface area contributed by atoms with Gasteiger partial charge in [0.2, 0.25) is 11.9 Å². The van der Waals surface area contributed by atoms with E-state index in [0.717, 1.165) is 5.56 Å². The number of carbonyl (C=O) groups excluding carboxylic acids is 2. The molecule has 2 amide bonds. The lowest BCUT2D eigenvalue weighted by Crippen LogP contribution is -2.58. The second-order valence-corrected chi connectivity index (χ2v) is 9.07. The largest absolute Gasteiger partial charge is 0.436 e. The number of guanidine groups is 1. The Bertz CT molecular complexity index is 1240. The van der Waals surface area contributed by atoms with E-state index in [1.807, 2.05) is 12.1 Å². The van der Waals surface area contributed by atoms with E-state index in [1.165, 1.54) is 11.2 Å². The third kappa shape index (κ3) is 5.49. The van der Waals surface area contributed by atoms with Gasteiger partial charge in [-0.05, 0) is 60.0 Å². The summed E-state index contributed by atoms with van der Waals surface area (Å²) < 4.78 is 23.5. The van der Waals surface area contributed by atoms with Gasteiger partial charge in [0.05, 0.1) is 13.1 Å². The van der Waals surface area contributed by atoms with Crippen molar-refractivity contribution in [1.29, 1.82) is 0 Å². The molecule has 1 aliphatic carbocycles. The Kier molecular flexibility index (Phi) is 6.86. The smallest absolute Gasteiger partial charge is 0.259 e. The Morgan fingerprint density at radius 2 is 1.89 bits per heavy atom. The highest BCUT2D eigenvalue weighted by atomic mass is 35.5. The fourth-order valence-electron chi connectivity index (χ4n) is 3.94. The van der Waals surface area contributed by atoms with Gasteiger partial charge in [-0.3, -0.25) is 14.5 Å². The summed E-state index contributed by atoms with van der Waals surface area (Å²) in [5.41, 5.74) is 1.52. The van der Waals surface area contributed by atoms with E-state index in [-0.39, 0.29) is 37.7 Å². The number of carbonyl (C=O) groups is 2. The van der Waals surface area contributed by atoms with Gasteiger partial charge >= 0.3 is 0 Å². The van der Waals surface area contributed by atoms with E-state index >= 15 is 0 Å². The molecule has 0 radical (unpaired) electrons. The Labute approximate surface area is 211 Å². The Morgan fingerprint density at radius 3 is 2.56 bits per heavy atom. The van der Waals surface area contributed by atoms with Crippen molar-refractivity contribution in [2.24, 2.45) is 10.9 Å². The number of alkyl halides is 1. The topological polar surface area (TPSA) is 109 Å². The van der Waals surface area contributed by atoms with Gasteiger partial charge in [-0.1, -0.05) is 23.7 Å². The minimum absolute atomic E-state index is 0.0726. The lowest BCUT2D eigenvalue weighted by Gasteiger charge is -2.34. The number of ether oxygens (including phenoxy) is 1. The SMILES string of the molecule is O=C(NC1CN=C(Nc2ccc(Oc3ccon3)cc2)N(Cc2ccc(Cl)cc2)C1=O)C1CC(F)C1. The molecular weight excluding hydrogens is 489 g/mol. The van der Waals surface area contributed by atoms with Crippen molar-refractivity contribution in [2.45, 2.75) is 31.6 Å². The van der Waals surface area contributed by atoms with Crippen molar-refractivity contribution < 1.29 is 23.2 Å². The first-order valence-corrected chi connectivity index (χ1v) is 11.8. The minimum atomic E-state index is -0.953. The second kappa shape index (κ2) is 10.4. The average molecular weight is 512 g/mol. The summed E-state index contributed by atoms with van der Waals surface area (Å²) >= 11 is 6.01. The summed E-state index contributed by atoms with van der Waals surface area (Å²) in [7, 11) is 0. The molecule has 2 aliphatic rings. The van der Waals surface area contributed by atoms with E-state index in [2.05, 4.69) is 20.8 Å². The fourth-order valence-corrected chi connectivity index (χ4v) is 4.06. The number of amides is 2. The van der Waals surface area contributed by atoms with Gasteiger partial charge in [0.25, 0.3) is 11.8 Å². The molecule has 0 spiro atoms. The van der Waals surface area contributed by atoms with Gasteiger partial charge < -0.3 is 19.9 Å². The van der Waals surface area contributed by atoms with Gasteiger partial charge in [0, 0.05) is 22.7 Å². The molecule has 36 heavy (non-hydrogen) atoms. The van der Waals surface area contributed by atoms with Gasteiger partial charge in [-0.2, -0.15) is 0 Å². The molecular formula is C25H23ClFN5O4. The number of aromatic nitrogens is 1. The number of rotatable bonds is 7. The third-order valence-electron chi connectivity index (χ3n) is 6.01. The summed E-state index contributed by atoms with van der Waals surface area (Å²) in [5, 5.41) is 10.2. The van der Waals surface area contributed by atoms with Crippen LogP contribution in [0.2, 0.25) is 5.02 Å².